The third-order valence-corrected chi connectivity index (χ3v) is 2.69. The highest BCUT2D eigenvalue weighted by molar-refractivity contribution is 5.54. The Labute approximate surface area is 110 Å². The van der Waals surface area contributed by atoms with Crippen molar-refractivity contribution in [2.24, 2.45) is 5.92 Å². The molecule has 0 spiro atoms. The Morgan fingerprint density at radius 2 is 2.00 bits per heavy atom. The molecule has 0 N–H and O–H groups in total. The molecular formula is C13H16F3N3. The molecular weight excluding hydrogens is 255 g/mol. The van der Waals surface area contributed by atoms with E-state index in [4.69, 9.17) is 5.26 Å². The Bertz CT molecular complexity index is 475. The number of nitrogens with zero attached hydrogens (tertiary/aromatic N) is 3. The largest absolute Gasteiger partial charge is 0.433 e. The third-order valence-electron chi connectivity index (χ3n) is 2.69. The van der Waals surface area contributed by atoms with Crippen LogP contribution in [0.4, 0.5) is 19.0 Å². The number of alkyl halides is 3. The molecule has 0 aliphatic carbocycles. The molecule has 0 saturated heterocycles. The molecule has 0 bridgehead atoms. The van der Waals surface area contributed by atoms with Gasteiger partial charge in [-0.2, -0.15) is 18.4 Å². The average Bonchev–Trinajstić information content (AvgIpc) is 2.33. The molecule has 3 nitrogen and oxygen atoms in total. The van der Waals surface area contributed by atoms with Gasteiger partial charge in [0.05, 0.1) is 5.56 Å². The summed E-state index contributed by atoms with van der Waals surface area (Å²) in [7, 11) is 1.64. The van der Waals surface area contributed by atoms with E-state index in [0.29, 0.717) is 12.5 Å². The lowest BCUT2D eigenvalue weighted by atomic mass is 10.1. The van der Waals surface area contributed by atoms with Crippen molar-refractivity contribution in [1.29, 1.82) is 5.26 Å². The molecule has 6 heteroatoms. The first-order chi connectivity index (χ1) is 8.75. The summed E-state index contributed by atoms with van der Waals surface area (Å²) in [6.45, 7) is 4.61. The maximum Gasteiger partial charge on any atom is 0.433 e. The molecule has 0 radical (unpaired) electrons. The summed E-state index contributed by atoms with van der Waals surface area (Å²) in [6.07, 6.45) is -3.68. The molecule has 19 heavy (non-hydrogen) atoms. The van der Waals surface area contributed by atoms with Crippen molar-refractivity contribution >= 4 is 5.82 Å². The lowest BCUT2D eigenvalue weighted by Gasteiger charge is -2.21. The van der Waals surface area contributed by atoms with Gasteiger partial charge in [-0.05, 0) is 24.5 Å². The normalized spacial score (nSPS) is 11.5. The molecule has 1 aromatic rings. The fourth-order valence-corrected chi connectivity index (χ4v) is 1.54. The third kappa shape index (κ3) is 4.12. The van der Waals surface area contributed by atoms with Crippen LogP contribution in [-0.4, -0.2) is 18.6 Å². The number of rotatable bonds is 4. The predicted molar refractivity (Wildman–Crippen MR) is 66.7 cm³/mol. The Balaban J connectivity index is 3.06. The van der Waals surface area contributed by atoms with E-state index in [1.807, 2.05) is 19.9 Å². The molecule has 0 fully saturated rings. The Morgan fingerprint density at radius 1 is 1.37 bits per heavy atom. The van der Waals surface area contributed by atoms with Crippen molar-refractivity contribution in [3.8, 4) is 6.07 Å². The van der Waals surface area contributed by atoms with Gasteiger partial charge >= 0.3 is 6.18 Å². The van der Waals surface area contributed by atoms with Crippen LogP contribution in [0.5, 0.6) is 0 Å². The van der Waals surface area contributed by atoms with E-state index in [1.165, 1.54) is 0 Å². The van der Waals surface area contributed by atoms with Gasteiger partial charge in [0.2, 0.25) is 0 Å². The van der Waals surface area contributed by atoms with Gasteiger partial charge in [0, 0.05) is 13.6 Å². The van der Waals surface area contributed by atoms with Crippen molar-refractivity contribution in [2.75, 3.05) is 18.5 Å². The zero-order valence-electron chi connectivity index (χ0n) is 11.1. The van der Waals surface area contributed by atoms with Crippen LogP contribution in [0.1, 0.15) is 31.5 Å². The quantitative estimate of drug-likeness (QED) is 0.842. The summed E-state index contributed by atoms with van der Waals surface area (Å²) in [5, 5.41) is 8.94. The first kappa shape index (κ1) is 15.3. The Hall–Kier alpha value is -1.77. The number of aromatic nitrogens is 1. The molecule has 1 heterocycles. The molecule has 0 atom stereocenters. The predicted octanol–water partition coefficient (Wildman–Crippen LogP) is 3.45. The smallest absolute Gasteiger partial charge is 0.359 e. The number of anilines is 1. The molecule has 0 aliphatic heterocycles. The van der Waals surface area contributed by atoms with Crippen LogP contribution >= 0.6 is 0 Å². The molecule has 0 amide bonds. The van der Waals surface area contributed by atoms with Crippen LogP contribution in [0.3, 0.4) is 0 Å². The van der Waals surface area contributed by atoms with Crippen molar-refractivity contribution < 1.29 is 13.2 Å². The molecule has 0 aromatic carbocycles. The van der Waals surface area contributed by atoms with Gasteiger partial charge in [0.15, 0.2) is 0 Å². The molecule has 0 saturated carbocycles. The van der Waals surface area contributed by atoms with E-state index < -0.39 is 11.9 Å². The van der Waals surface area contributed by atoms with Crippen LogP contribution in [0.2, 0.25) is 0 Å². The van der Waals surface area contributed by atoms with Gasteiger partial charge in [-0.15, -0.1) is 0 Å². The summed E-state index contributed by atoms with van der Waals surface area (Å²) < 4.78 is 37.9. The van der Waals surface area contributed by atoms with Gasteiger partial charge in [-0.25, -0.2) is 4.98 Å². The molecule has 1 aromatic heterocycles. The lowest BCUT2D eigenvalue weighted by Crippen LogP contribution is -2.23. The Kier molecular flexibility index (Phi) is 4.76. The number of halogens is 3. The zero-order valence-corrected chi connectivity index (χ0v) is 11.1. The highest BCUT2D eigenvalue weighted by Gasteiger charge is 2.33. The minimum absolute atomic E-state index is 0.0815. The topological polar surface area (TPSA) is 39.9 Å². The van der Waals surface area contributed by atoms with Gasteiger partial charge < -0.3 is 4.90 Å². The van der Waals surface area contributed by atoms with E-state index in [2.05, 4.69) is 4.98 Å². The number of nitriles is 1. The van der Waals surface area contributed by atoms with Gasteiger partial charge in [-0.3, -0.25) is 0 Å². The minimum atomic E-state index is -4.50. The summed E-state index contributed by atoms with van der Waals surface area (Å²) in [6, 6.07) is 3.87. The standard InChI is InChI=1S/C13H16F3N3/c1-9(2)6-7-19(3)12-10(8-17)4-5-11(18-12)13(14,15)16/h4-5,9H,6-7H2,1-3H3. The van der Waals surface area contributed by atoms with Crippen molar-refractivity contribution in [2.45, 2.75) is 26.4 Å². The number of pyridine rings is 1. The zero-order chi connectivity index (χ0) is 14.6. The highest BCUT2D eigenvalue weighted by Crippen LogP contribution is 2.30. The van der Waals surface area contributed by atoms with E-state index in [-0.39, 0.29) is 11.4 Å². The fourth-order valence-electron chi connectivity index (χ4n) is 1.54. The van der Waals surface area contributed by atoms with Crippen LogP contribution < -0.4 is 4.90 Å². The van der Waals surface area contributed by atoms with Gasteiger partial charge in [-0.1, -0.05) is 13.8 Å². The van der Waals surface area contributed by atoms with Crippen molar-refractivity contribution in [1.82, 2.24) is 4.98 Å². The first-order valence-corrected chi connectivity index (χ1v) is 5.95. The van der Waals surface area contributed by atoms with Gasteiger partial charge in [0.1, 0.15) is 17.6 Å². The van der Waals surface area contributed by atoms with Gasteiger partial charge in [0.25, 0.3) is 0 Å². The van der Waals surface area contributed by atoms with E-state index in [9.17, 15) is 13.2 Å². The van der Waals surface area contributed by atoms with Crippen molar-refractivity contribution in [3.63, 3.8) is 0 Å². The summed E-state index contributed by atoms with van der Waals surface area (Å²) in [5.74, 6) is 0.511. The van der Waals surface area contributed by atoms with Crippen LogP contribution in [0.25, 0.3) is 0 Å². The maximum absolute atomic E-state index is 12.6. The first-order valence-electron chi connectivity index (χ1n) is 5.95. The van der Waals surface area contributed by atoms with E-state index >= 15 is 0 Å². The molecule has 0 aliphatic rings. The Morgan fingerprint density at radius 3 is 2.47 bits per heavy atom. The molecule has 104 valence electrons. The summed E-state index contributed by atoms with van der Waals surface area (Å²) >= 11 is 0. The second-order valence-electron chi connectivity index (χ2n) is 4.78. The monoisotopic (exact) mass is 271 g/mol. The second-order valence-corrected chi connectivity index (χ2v) is 4.78. The van der Waals surface area contributed by atoms with Crippen LogP contribution in [-0.2, 0) is 6.18 Å². The summed E-state index contributed by atoms with van der Waals surface area (Å²) in [5.41, 5.74) is -0.822. The second kappa shape index (κ2) is 5.91. The molecule has 0 unspecified atom stereocenters. The van der Waals surface area contributed by atoms with E-state index in [0.717, 1.165) is 18.6 Å². The van der Waals surface area contributed by atoms with Crippen LogP contribution in [0.15, 0.2) is 12.1 Å². The lowest BCUT2D eigenvalue weighted by molar-refractivity contribution is -0.141. The summed E-state index contributed by atoms with van der Waals surface area (Å²) in [4.78, 5) is 5.16. The van der Waals surface area contributed by atoms with Crippen molar-refractivity contribution in [3.05, 3.63) is 23.4 Å². The highest BCUT2D eigenvalue weighted by atomic mass is 19.4. The SMILES string of the molecule is CC(C)CCN(C)c1nc(C(F)(F)F)ccc1C#N. The minimum Gasteiger partial charge on any atom is -0.359 e. The number of hydrogen-bond donors (Lipinski definition) is 0. The van der Waals surface area contributed by atoms with E-state index in [1.54, 1.807) is 11.9 Å². The van der Waals surface area contributed by atoms with Crippen LogP contribution in [0, 0.1) is 17.2 Å². The molecule has 1 rings (SSSR count). The maximum atomic E-state index is 12.6. The average molecular weight is 271 g/mol. The number of hydrogen-bond acceptors (Lipinski definition) is 3. The fraction of sp³-hybridized carbons (Fsp3) is 0.538.